The number of carbonyl (C=O) groups excluding carboxylic acids is 2. The lowest BCUT2D eigenvalue weighted by molar-refractivity contribution is -0.150. The molecule has 1 aliphatic rings. The van der Waals surface area contributed by atoms with Gasteiger partial charge in [0.25, 0.3) is 5.91 Å². The van der Waals surface area contributed by atoms with Gasteiger partial charge in [-0.05, 0) is 55.2 Å². The monoisotopic (exact) mass is 396 g/mol. The van der Waals surface area contributed by atoms with Crippen LogP contribution in [0.3, 0.4) is 0 Å². The van der Waals surface area contributed by atoms with Gasteiger partial charge in [0.05, 0.1) is 0 Å². The third-order valence-electron chi connectivity index (χ3n) is 5.10. The Hall–Kier alpha value is -3.02. The minimum Gasteiger partial charge on any atom is -0.482 e. The van der Waals surface area contributed by atoms with E-state index in [2.05, 4.69) is 17.6 Å². The number of rotatable bonds is 8. The zero-order chi connectivity index (χ0) is 20.5. The molecule has 3 rings (SSSR count). The van der Waals surface area contributed by atoms with E-state index < -0.39 is 5.97 Å². The summed E-state index contributed by atoms with van der Waals surface area (Å²) in [6, 6.07) is 17.3. The molecule has 0 spiro atoms. The SMILES string of the molecule is C[C@@H]1CCCC[C@H]1NC(=O)COC(=O)COc1ccc(Nc2ccccc2)cc1. The van der Waals surface area contributed by atoms with Crippen molar-refractivity contribution in [1.29, 1.82) is 0 Å². The van der Waals surface area contributed by atoms with Gasteiger partial charge < -0.3 is 20.1 Å². The average Bonchev–Trinajstić information content (AvgIpc) is 2.74. The van der Waals surface area contributed by atoms with Gasteiger partial charge in [-0.1, -0.05) is 38.0 Å². The third-order valence-corrected chi connectivity index (χ3v) is 5.10. The summed E-state index contributed by atoms with van der Waals surface area (Å²) < 4.78 is 10.5. The van der Waals surface area contributed by atoms with Gasteiger partial charge >= 0.3 is 5.97 Å². The van der Waals surface area contributed by atoms with Gasteiger partial charge in [0.1, 0.15) is 5.75 Å². The number of ether oxygens (including phenoxy) is 2. The molecular weight excluding hydrogens is 368 g/mol. The van der Waals surface area contributed by atoms with Crippen LogP contribution in [-0.2, 0) is 14.3 Å². The number of para-hydroxylation sites is 1. The molecule has 154 valence electrons. The molecule has 1 aliphatic carbocycles. The quantitative estimate of drug-likeness (QED) is 0.659. The molecule has 6 nitrogen and oxygen atoms in total. The molecule has 2 aromatic carbocycles. The highest BCUT2D eigenvalue weighted by Gasteiger charge is 2.23. The summed E-state index contributed by atoms with van der Waals surface area (Å²) in [6.07, 6.45) is 4.45. The molecule has 0 radical (unpaired) electrons. The molecule has 1 amide bonds. The van der Waals surface area contributed by atoms with Gasteiger partial charge in [-0.15, -0.1) is 0 Å². The topological polar surface area (TPSA) is 76.7 Å². The van der Waals surface area contributed by atoms with E-state index in [9.17, 15) is 9.59 Å². The Bertz CT molecular complexity index is 792. The Labute approximate surface area is 171 Å². The molecule has 6 heteroatoms. The summed E-state index contributed by atoms with van der Waals surface area (Å²) in [5, 5.41) is 6.23. The summed E-state index contributed by atoms with van der Waals surface area (Å²) in [6.45, 7) is 1.63. The van der Waals surface area contributed by atoms with Crippen molar-refractivity contribution in [2.24, 2.45) is 5.92 Å². The number of hydrogen-bond donors (Lipinski definition) is 2. The van der Waals surface area contributed by atoms with Crippen molar-refractivity contribution in [3.8, 4) is 5.75 Å². The molecule has 2 N–H and O–H groups in total. The van der Waals surface area contributed by atoms with Crippen LogP contribution in [0, 0.1) is 5.92 Å². The fourth-order valence-corrected chi connectivity index (χ4v) is 3.43. The number of hydrogen-bond acceptors (Lipinski definition) is 5. The van der Waals surface area contributed by atoms with E-state index in [0.717, 1.165) is 30.6 Å². The fraction of sp³-hybridized carbons (Fsp3) is 0.391. The van der Waals surface area contributed by atoms with Crippen molar-refractivity contribution in [3.05, 3.63) is 54.6 Å². The lowest BCUT2D eigenvalue weighted by atomic mass is 9.86. The van der Waals surface area contributed by atoms with Crippen molar-refractivity contribution in [2.75, 3.05) is 18.5 Å². The highest BCUT2D eigenvalue weighted by Crippen LogP contribution is 2.23. The molecule has 2 atom stereocenters. The van der Waals surface area contributed by atoms with E-state index in [4.69, 9.17) is 9.47 Å². The summed E-state index contributed by atoms with van der Waals surface area (Å²) in [4.78, 5) is 23.8. The van der Waals surface area contributed by atoms with E-state index in [1.54, 1.807) is 12.1 Å². The second kappa shape index (κ2) is 10.5. The highest BCUT2D eigenvalue weighted by molar-refractivity contribution is 5.81. The first kappa shape index (κ1) is 20.7. The van der Waals surface area contributed by atoms with Crippen LogP contribution < -0.4 is 15.4 Å². The predicted molar refractivity (Wildman–Crippen MR) is 112 cm³/mol. The smallest absolute Gasteiger partial charge is 0.344 e. The van der Waals surface area contributed by atoms with Crippen LogP contribution >= 0.6 is 0 Å². The van der Waals surface area contributed by atoms with Crippen molar-refractivity contribution in [2.45, 2.75) is 38.6 Å². The van der Waals surface area contributed by atoms with Crippen LogP contribution in [0.4, 0.5) is 11.4 Å². The summed E-state index contributed by atoms with van der Waals surface area (Å²) in [7, 11) is 0. The number of esters is 1. The molecule has 0 heterocycles. The van der Waals surface area contributed by atoms with Gasteiger partial charge in [-0.2, -0.15) is 0 Å². The van der Waals surface area contributed by atoms with Crippen LogP contribution in [0.5, 0.6) is 5.75 Å². The number of nitrogens with one attached hydrogen (secondary N) is 2. The zero-order valence-corrected chi connectivity index (χ0v) is 16.7. The first-order valence-corrected chi connectivity index (χ1v) is 10.1. The lowest BCUT2D eigenvalue weighted by Crippen LogP contribution is -2.43. The van der Waals surface area contributed by atoms with Crippen LogP contribution in [-0.4, -0.2) is 31.1 Å². The van der Waals surface area contributed by atoms with Gasteiger partial charge in [0.15, 0.2) is 13.2 Å². The zero-order valence-electron chi connectivity index (χ0n) is 16.7. The molecule has 2 aromatic rings. The molecule has 0 aliphatic heterocycles. The normalized spacial score (nSPS) is 18.5. The van der Waals surface area contributed by atoms with Gasteiger partial charge in [0.2, 0.25) is 0 Å². The molecule has 1 fully saturated rings. The average molecular weight is 396 g/mol. The molecule has 29 heavy (non-hydrogen) atoms. The second-order valence-electron chi connectivity index (χ2n) is 7.40. The van der Waals surface area contributed by atoms with Gasteiger partial charge in [0, 0.05) is 17.4 Å². The molecular formula is C23H28N2O4. The Morgan fingerprint density at radius 2 is 1.62 bits per heavy atom. The fourth-order valence-electron chi connectivity index (χ4n) is 3.43. The van der Waals surface area contributed by atoms with Crippen molar-refractivity contribution in [3.63, 3.8) is 0 Å². The summed E-state index contributed by atoms with van der Waals surface area (Å²) >= 11 is 0. The van der Waals surface area contributed by atoms with Crippen LogP contribution in [0.2, 0.25) is 0 Å². The van der Waals surface area contributed by atoms with E-state index in [-0.39, 0.29) is 25.2 Å². The number of benzene rings is 2. The first-order chi connectivity index (χ1) is 14.1. The van der Waals surface area contributed by atoms with E-state index in [0.29, 0.717) is 11.7 Å². The largest absolute Gasteiger partial charge is 0.482 e. The summed E-state index contributed by atoms with van der Waals surface area (Å²) in [5.41, 5.74) is 1.91. The highest BCUT2D eigenvalue weighted by atomic mass is 16.6. The Morgan fingerprint density at radius 1 is 0.931 bits per heavy atom. The van der Waals surface area contributed by atoms with Crippen molar-refractivity contribution in [1.82, 2.24) is 5.32 Å². The lowest BCUT2D eigenvalue weighted by Gasteiger charge is -2.29. The van der Waals surface area contributed by atoms with Crippen LogP contribution in [0.1, 0.15) is 32.6 Å². The van der Waals surface area contributed by atoms with Crippen LogP contribution in [0.15, 0.2) is 54.6 Å². The maximum absolute atomic E-state index is 12.0. The predicted octanol–water partition coefficient (Wildman–Crippen LogP) is 4.05. The van der Waals surface area contributed by atoms with Crippen molar-refractivity contribution >= 4 is 23.3 Å². The third kappa shape index (κ3) is 6.82. The van der Waals surface area contributed by atoms with Gasteiger partial charge in [-0.25, -0.2) is 4.79 Å². The maximum Gasteiger partial charge on any atom is 0.344 e. The van der Waals surface area contributed by atoms with E-state index in [1.165, 1.54) is 6.42 Å². The van der Waals surface area contributed by atoms with Crippen LogP contribution in [0.25, 0.3) is 0 Å². The Morgan fingerprint density at radius 3 is 2.34 bits per heavy atom. The number of anilines is 2. The minimum atomic E-state index is -0.566. The van der Waals surface area contributed by atoms with E-state index >= 15 is 0 Å². The Kier molecular flexibility index (Phi) is 7.50. The summed E-state index contributed by atoms with van der Waals surface area (Å²) in [5.74, 6) is 0.198. The second-order valence-corrected chi connectivity index (χ2v) is 7.40. The maximum atomic E-state index is 12.0. The number of carbonyl (C=O) groups is 2. The molecule has 0 unspecified atom stereocenters. The molecule has 1 saturated carbocycles. The number of amides is 1. The van der Waals surface area contributed by atoms with Crippen molar-refractivity contribution < 1.29 is 19.1 Å². The Balaban J connectivity index is 1.36. The van der Waals surface area contributed by atoms with E-state index in [1.807, 2.05) is 42.5 Å². The van der Waals surface area contributed by atoms with Gasteiger partial charge in [-0.3, -0.25) is 4.79 Å². The molecule has 0 saturated heterocycles. The molecule has 0 bridgehead atoms. The minimum absolute atomic E-state index is 0.175. The standard InChI is InChI=1S/C23H28N2O4/c1-17-7-5-6-10-21(17)25-22(26)15-29-23(27)16-28-20-13-11-19(12-14-20)24-18-8-3-2-4-9-18/h2-4,8-9,11-14,17,21,24H,5-7,10,15-16H2,1H3,(H,25,26)/t17-,21-/m1/s1. The first-order valence-electron chi connectivity index (χ1n) is 10.1. The molecule has 0 aromatic heterocycles.